The van der Waals surface area contributed by atoms with Gasteiger partial charge in [0.25, 0.3) is 0 Å². The maximum atomic E-state index is 11.7. The topological polar surface area (TPSA) is 92.4 Å². The van der Waals surface area contributed by atoms with Gasteiger partial charge < -0.3 is 10.8 Å². The molecule has 1 aromatic rings. The predicted octanol–water partition coefficient (Wildman–Crippen LogP) is 1.44. The summed E-state index contributed by atoms with van der Waals surface area (Å²) in [6, 6.07) is 7.38. The SMILES string of the molecule is CC(O)CCCNS(=O)(=O)CCSc1cccc(N)c1. The van der Waals surface area contributed by atoms with E-state index >= 15 is 0 Å². The van der Waals surface area contributed by atoms with Crippen LogP contribution in [0.1, 0.15) is 19.8 Å². The standard InChI is InChI=1S/C13H22N2O3S2/c1-11(16)4-3-7-15-20(17,18)9-8-19-13-6-2-5-12(14)10-13/h2,5-6,10-11,15-16H,3-4,7-9,14H2,1H3. The Kier molecular flexibility index (Phi) is 7.36. The van der Waals surface area contributed by atoms with Gasteiger partial charge in [-0.25, -0.2) is 13.1 Å². The van der Waals surface area contributed by atoms with Crippen molar-refractivity contribution in [3.63, 3.8) is 0 Å². The molecule has 0 aliphatic carbocycles. The highest BCUT2D eigenvalue weighted by atomic mass is 32.2. The molecule has 0 amide bonds. The van der Waals surface area contributed by atoms with E-state index in [4.69, 9.17) is 10.8 Å². The first-order valence-corrected chi connectivity index (χ1v) is 9.16. The number of sulfonamides is 1. The number of thioether (sulfide) groups is 1. The summed E-state index contributed by atoms with van der Waals surface area (Å²) < 4.78 is 26.0. The Labute approximate surface area is 125 Å². The molecule has 0 spiro atoms. The second kappa shape index (κ2) is 8.51. The van der Waals surface area contributed by atoms with Crippen molar-refractivity contribution in [2.75, 3.05) is 23.8 Å². The van der Waals surface area contributed by atoms with Gasteiger partial charge in [0.1, 0.15) is 0 Å². The number of nitrogen functional groups attached to an aromatic ring is 1. The number of anilines is 1. The lowest BCUT2D eigenvalue weighted by Crippen LogP contribution is -2.28. The minimum Gasteiger partial charge on any atom is -0.399 e. The van der Waals surface area contributed by atoms with E-state index in [1.54, 1.807) is 13.0 Å². The van der Waals surface area contributed by atoms with Crippen molar-refractivity contribution in [3.8, 4) is 0 Å². The highest BCUT2D eigenvalue weighted by Gasteiger charge is 2.09. The summed E-state index contributed by atoms with van der Waals surface area (Å²) in [7, 11) is -3.24. The van der Waals surface area contributed by atoms with E-state index < -0.39 is 16.1 Å². The molecule has 5 nitrogen and oxygen atoms in total. The average Bonchev–Trinajstić information content (AvgIpc) is 2.34. The zero-order valence-electron chi connectivity index (χ0n) is 11.6. The molecule has 0 heterocycles. The second-order valence-corrected chi connectivity index (χ2v) is 7.72. The summed E-state index contributed by atoms with van der Waals surface area (Å²) in [6.45, 7) is 2.06. The number of aliphatic hydroxyl groups is 1. The van der Waals surface area contributed by atoms with E-state index in [0.29, 0.717) is 30.8 Å². The molecule has 0 aliphatic rings. The number of aliphatic hydroxyl groups excluding tert-OH is 1. The fourth-order valence-electron chi connectivity index (χ4n) is 1.57. The monoisotopic (exact) mass is 318 g/mol. The van der Waals surface area contributed by atoms with Gasteiger partial charge in [-0.2, -0.15) is 0 Å². The zero-order chi connectivity index (χ0) is 15.0. The minimum atomic E-state index is -3.24. The molecule has 20 heavy (non-hydrogen) atoms. The number of nitrogens with one attached hydrogen (secondary N) is 1. The Balaban J connectivity index is 2.26. The maximum absolute atomic E-state index is 11.7. The van der Waals surface area contributed by atoms with Crippen LogP contribution in [0.25, 0.3) is 0 Å². The van der Waals surface area contributed by atoms with Crippen molar-refractivity contribution in [2.24, 2.45) is 0 Å². The van der Waals surface area contributed by atoms with E-state index in [0.717, 1.165) is 4.90 Å². The van der Waals surface area contributed by atoms with Gasteiger partial charge in [-0.05, 0) is 38.0 Å². The molecule has 7 heteroatoms. The van der Waals surface area contributed by atoms with Gasteiger partial charge in [0.2, 0.25) is 10.0 Å². The van der Waals surface area contributed by atoms with Crippen LogP contribution in [0.5, 0.6) is 0 Å². The van der Waals surface area contributed by atoms with Crippen LogP contribution < -0.4 is 10.5 Å². The molecule has 114 valence electrons. The van der Waals surface area contributed by atoms with Gasteiger partial charge in [-0.15, -0.1) is 11.8 Å². The molecule has 1 atom stereocenters. The Hall–Kier alpha value is -0.760. The van der Waals surface area contributed by atoms with E-state index in [-0.39, 0.29) is 5.75 Å². The van der Waals surface area contributed by atoms with Crippen LogP contribution in [-0.4, -0.2) is 37.7 Å². The fourth-order valence-corrected chi connectivity index (χ4v) is 4.01. The lowest BCUT2D eigenvalue weighted by atomic mass is 10.2. The van der Waals surface area contributed by atoms with Crippen LogP contribution in [0.2, 0.25) is 0 Å². The van der Waals surface area contributed by atoms with Gasteiger partial charge >= 0.3 is 0 Å². The van der Waals surface area contributed by atoms with Crippen molar-refractivity contribution in [2.45, 2.75) is 30.8 Å². The Morgan fingerprint density at radius 1 is 1.45 bits per heavy atom. The van der Waals surface area contributed by atoms with Crippen molar-refractivity contribution in [3.05, 3.63) is 24.3 Å². The molecular weight excluding hydrogens is 296 g/mol. The predicted molar refractivity (Wildman–Crippen MR) is 84.3 cm³/mol. The van der Waals surface area contributed by atoms with Crippen LogP contribution in [0.15, 0.2) is 29.2 Å². The number of nitrogens with two attached hydrogens (primary N) is 1. The lowest BCUT2D eigenvalue weighted by molar-refractivity contribution is 0.182. The van der Waals surface area contributed by atoms with Crippen LogP contribution in [0.3, 0.4) is 0 Å². The fraction of sp³-hybridized carbons (Fsp3) is 0.538. The Morgan fingerprint density at radius 3 is 2.85 bits per heavy atom. The molecule has 0 aromatic heterocycles. The third kappa shape index (κ3) is 7.74. The van der Waals surface area contributed by atoms with E-state index in [9.17, 15) is 8.42 Å². The first-order valence-electron chi connectivity index (χ1n) is 6.53. The minimum absolute atomic E-state index is 0.0706. The first-order chi connectivity index (χ1) is 9.39. The molecule has 4 N–H and O–H groups in total. The lowest BCUT2D eigenvalue weighted by Gasteiger charge is -2.08. The summed E-state index contributed by atoms with van der Waals surface area (Å²) in [5.74, 6) is 0.552. The largest absolute Gasteiger partial charge is 0.399 e. The average molecular weight is 318 g/mol. The van der Waals surface area contributed by atoms with Crippen LogP contribution in [0.4, 0.5) is 5.69 Å². The zero-order valence-corrected chi connectivity index (χ0v) is 13.2. The number of rotatable bonds is 9. The normalized spacial score (nSPS) is 13.3. The van der Waals surface area contributed by atoms with E-state index in [1.165, 1.54) is 11.8 Å². The smallest absolute Gasteiger partial charge is 0.212 e. The molecule has 0 bridgehead atoms. The third-order valence-corrected chi connectivity index (χ3v) is 5.24. The molecule has 0 saturated heterocycles. The molecule has 0 fully saturated rings. The Morgan fingerprint density at radius 2 is 2.20 bits per heavy atom. The summed E-state index contributed by atoms with van der Waals surface area (Å²) in [5.41, 5.74) is 6.33. The highest BCUT2D eigenvalue weighted by molar-refractivity contribution is 8.00. The summed E-state index contributed by atoms with van der Waals surface area (Å²) in [5, 5.41) is 9.08. The van der Waals surface area contributed by atoms with Crippen LogP contribution in [-0.2, 0) is 10.0 Å². The molecule has 0 radical (unpaired) electrons. The summed E-state index contributed by atoms with van der Waals surface area (Å²) >= 11 is 1.47. The van der Waals surface area contributed by atoms with Crippen molar-refractivity contribution in [1.29, 1.82) is 0 Å². The summed E-state index contributed by atoms with van der Waals surface area (Å²) in [4.78, 5) is 0.967. The number of hydrogen-bond donors (Lipinski definition) is 3. The van der Waals surface area contributed by atoms with Crippen molar-refractivity contribution in [1.82, 2.24) is 4.72 Å². The van der Waals surface area contributed by atoms with Crippen molar-refractivity contribution < 1.29 is 13.5 Å². The van der Waals surface area contributed by atoms with E-state index in [1.807, 2.05) is 18.2 Å². The molecule has 1 unspecified atom stereocenters. The Bertz CT molecular complexity index is 504. The highest BCUT2D eigenvalue weighted by Crippen LogP contribution is 2.20. The van der Waals surface area contributed by atoms with Crippen molar-refractivity contribution >= 4 is 27.5 Å². The first kappa shape index (κ1) is 17.3. The molecular formula is C13H22N2O3S2. The molecule has 0 aliphatic heterocycles. The summed E-state index contributed by atoms with van der Waals surface area (Å²) in [6.07, 6.45) is 0.846. The molecule has 0 saturated carbocycles. The van der Waals surface area contributed by atoms with Gasteiger partial charge in [-0.3, -0.25) is 0 Å². The maximum Gasteiger partial charge on any atom is 0.212 e. The molecule has 1 rings (SSSR count). The van der Waals surface area contributed by atoms with Crippen LogP contribution in [0, 0.1) is 0 Å². The number of benzene rings is 1. The molecule has 1 aromatic carbocycles. The van der Waals surface area contributed by atoms with Gasteiger partial charge in [-0.1, -0.05) is 6.07 Å². The van der Waals surface area contributed by atoms with Gasteiger partial charge in [0, 0.05) is 22.9 Å². The third-order valence-electron chi connectivity index (χ3n) is 2.60. The van der Waals surface area contributed by atoms with E-state index in [2.05, 4.69) is 4.72 Å². The second-order valence-electron chi connectivity index (χ2n) is 4.63. The number of hydrogen-bond acceptors (Lipinski definition) is 5. The van der Waals surface area contributed by atoms with Gasteiger partial charge in [0.15, 0.2) is 0 Å². The van der Waals surface area contributed by atoms with Crippen LogP contribution >= 0.6 is 11.8 Å². The van der Waals surface area contributed by atoms with Gasteiger partial charge in [0.05, 0.1) is 11.9 Å². The quantitative estimate of drug-likeness (QED) is 0.364.